The van der Waals surface area contributed by atoms with Gasteiger partial charge < -0.3 is 9.64 Å². The second-order valence-electron chi connectivity index (χ2n) is 9.47. The van der Waals surface area contributed by atoms with E-state index >= 15 is 0 Å². The largest absolute Gasteiger partial charge is 0.373 e. The fourth-order valence-corrected chi connectivity index (χ4v) is 5.31. The van der Waals surface area contributed by atoms with Gasteiger partial charge in [-0.25, -0.2) is 9.50 Å². The summed E-state index contributed by atoms with van der Waals surface area (Å²) < 4.78 is 7.56. The zero-order valence-electron chi connectivity index (χ0n) is 19.7. The molecule has 1 amide bonds. The minimum Gasteiger partial charge on any atom is -0.373 e. The number of aryl methyl sites for hydroxylation is 2. The molecule has 0 radical (unpaired) electrons. The molecule has 2 atom stereocenters. The maximum absolute atomic E-state index is 12.9. The molecular formula is C24H34N6O2. The van der Waals surface area contributed by atoms with Gasteiger partial charge in [0.2, 0.25) is 5.91 Å². The summed E-state index contributed by atoms with van der Waals surface area (Å²) in [6.07, 6.45) is 5.41. The van der Waals surface area contributed by atoms with Crippen LogP contribution in [0.4, 0.5) is 0 Å². The van der Waals surface area contributed by atoms with Crippen LogP contribution in [0.5, 0.6) is 0 Å². The molecule has 2 aromatic heterocycles. The average molecular weight is 439 g/mol. The Kier molecular flexibility index (Phi) is 6.77. The number of carbonyl (C=O) groups is 1. The quantitative estimate of drug-likeness (QED) is 0.713. The Morgan fingerprint density at radius 1 is 1.22 bits per heavy atom. The number of aromatic nitrogens is 3. The van der Waals surface area contributed by atoms with E-state index in [0.29, 0.717) is 42.2 Å². The molecule has 8 nitrogen and oxygen atoms in total. The van der Waals surface area contributed by atoms with Crippen molar-refractivity contribution in [2.45, 2.75) is 65.6 Å². The highest BCUT2D eigenvalue weighted by atomic mass is 16.5. The van der Waals surface area contributed by atoms with Crippen LogP contribution in [-0.2, 0) is 16.0 Å². The minimum absolute atomic E-state index is 0.217. The van der Waals surface area contributed by atoms with Gasteiger partial charge in [-0.1, -0.05) is 0 Å². The Morgan fingerprint density at radius 3 is 2.56 bits per heavy atom. The van der Waals surface area contributed by atoms with Crippen molar-refractivity contribution in [2.75, 3.05) is 32.7 Å². The number of hydrogen-bond donors (Lipinski definition) is 0. The molecule has 0 bridgehead atoms. The zero-order valence-corrected chi connectivity index (χ0v) is 19.7. The second kappa shape index (κ2) is 9.55. The topological polar surface area (TPSA) is 86.8 Å². The molecule has 8 heteroatoms. The zero-order chi connectivity index (χ0) is 22.8. The molecule has 2 aromatic rings. The predicted octanol–water partition coefficient (Wildman–Crippen LogP) is 2.50. The first-order valence-electron chi connectivity index (χ1n) is 11.7. The van der Waals surface area contributed by atoms with E-state index in [0.717, 1.165) is 62.5 Å². The van der Waals surface area contributed by atoms with Gasteiger partial charge in [-0.2, -0.15) is 10.4 Å². The first-order chi connectivity index (χ1) is 15.4. The molecule has 4 heterocycles. The lowest BCUT2D eigenvalue weighted by Gasteiger charge is -2.39. The highest BCUT2D eigenvalue weighted by molar-refractivity contribution is 5.76. The van der Waals surface area contributed by atoms with E-state index in [4.69, 9.17) is 4.74 Å². The highest BCUT2D eigenvalue weighted by Crippen LogP contribution is 2.23. The van der Waals surface area contributed by atoms with Crippen molar-refractivity contribution in [3.05, 3.63) is 28.7 Å². The first-order valence-corrected chi connectivity index (χ1v) is 11.7. The molecule has 0 aromatic carbocycles. The van der Waals surface area contributed by atoms with E-state index in [2.05, 4.69) is 34.9 Å². The fraction of sp³-hybridized carbons (Fsp3) is 0.667. The van der Waals surface area contributed by atoms with Gasteiger partial charge in [0.1, 0.15) is 11.6 Å². The number of ether oxygens (including phenoxy) is 1. The standard InChI is InChI=1S/C24H34N6O2/c1-16-13-28(14-17(2)32-16)15-20-7-9-29(10-8-20)23(31)6-5-22-18(3)27-24-21(11-25)12-26-30(24)19(22)4/h12,16-17,20H,5-10,13-15H2,1-4H3. The Labute approximate surface area is 190 Å². The number of rotatable bonds is 5. The normalized spacial score (nSPS) is 22.9. The van der Waals surface area contributed by atoms with Gasteiger partial charge in [0.05, 0.1) is 18.4 Å². The number of nitriles is 1. The van der Waals surface area contributed by atoms with Crippen molar-refractivity contribution in [2.24, 2.45) is 5.92 Å². The van der Waals surface area contributed by atoms with Crippen molar-refractivity contribution in [3.63, 3.8) is 0 Å². The van der Waals surface area contributed by atoms with Gasteiger partial charge in [-0.15, -0.1) is 0 Å². The lowest BCUT2D eigenvalue weighted by molar-refractivity contribution is -0.132. The molecule has 2 aliphatic heterocycles. The Bertz CT molecular complexity index is 1010. The molecule has 2 saturated heterocycles. The molecular weight excluding hydrogens is 404 g/mol. The molecule has 0 aliphatic carbocycles. The molecule has 2 unspecified atom stereocenters. The molecule has 32 heavy (non-hydrogen) atoms. The van der Waals surface area contributed by atoms with Gasteiger partial charge >= 0.3 is 0 Å². The number of piperidine rings is 1. The van der Waals surface area contributed by atoms with Crippen molar-refractivity contribution in [1.29, 1.82) is 5.26 Å². The molecule has 2 aliphatic rings. The lowest BCUT2D eigenvalue weighted by Crippen LogP contribution is -2.48. The van der Waals surface area contributed by atoms with Crippen LogP contribution in [0.25, 0.3) is 5.65 Å². The molecule has 0 saturated carbocycles. The predicted molar refractivity (Wildman–Crippen MR) is 121 cm³/mol. The fourth-order valence-electron chi connectivity index (χ4n) is 5.31. The molecule has 172 valence electrons. The van der Waals surface area contributed by atoms with E-state index < -0.39 is 0 Å². The summed E-state index contributed by atoms with van der Waals surface area (Å²) in [6.45, 7) is 13.0. The van der Waals surface area contributed by atoms with Crippen molar-refractivity contribution >= 4 is 11.6 Å². The summed E-state index contributed by atoms with van der Waals surface area (Å²) >= 11 is 0. The van der Waals surface area contributed by atoms with Gasteiger partial charge in [-0.05, 0) is 58.4 Å². The number of carbonyl (C=O) groups excluding carboxylic acids is 1. The van der Waals surface area contributed by atoms with E-state index in [1.165, 1.54) is 0 Å². The van der Waals surface area contributed by atoms with Crippen molar-refractivity contribution < 1.29 is 9.53 Å². The summed E-state index contributed by atoms with van der Waals surface area (Å²) in [5, 5.41) is 13.5. The van der Waals surface area contributed by atoms with Gasteiger partial charge in [0.25, 0.3) is 0 Å². The smallest absolute Gasteiger partial charge is 0.222 e. The number of likely N-dealkylation sites (tertiary alicyclic amines) is 1. The van der Waals surface area contributed by atoms with Crippen LogP contribution >= 0.6 is 0 Å². The summed E-state index contributed by atoms with van der Waals surface area (Å²) in [5.41, 5.74) is 3.93. The summed E-state index contributed by atoms with van der Waals surface area (Å²) in [7, 11) is 0. The number of hydrogen-bond acceptors (Lipinski definition) is 6. The Balaban J connectivity index is 1.30. The summed E-state index contributed by atoms with van der Waals surface area (Å²) in [6, 6.07) is 2.13. The summed E-state index contributed by atoms with van der Waals surface area (Å²) in [5.74, 6) is 0.871. The van der Waals surface area contributed by atoms with Crippen LogP contribution in [-0.4, -0.2) is 75.2 Å². The van der Waals surface area contributed by atoms with E-state index in [1.807, 2.05) is 18.7 Å². The highest BCUT2D eigenvalue weighted by Gasteiger charge is 2.28. The molecule has 2 fully saturated rings. The van der Waals surface area contributed by atoms with Crippen LogP contribution in [0.15, 0.2) is 6.20 Å². The summed E-state index contributed by atoms with van der Waals surface area (Å²) in [4.78, 5) is 22.0. The maximum atomic E-state index is 12.9. The first kappa shape index (κ1) is 22.7. The molecule has 4 rings (SSSR count). The number of fused-ring (bicyclic) bond motifs is 1. The Morgan fingerprint density at radius 2 is 1.91 bits per heavy atom. The van der Waals surface area contributed by atoms with Crippen LogP contribution < -0.4 is 0 Å². The second-order valence-corrected chi connectivity index (χ2v) is 9.47. The third kappa shape index (κ3) is 4.79. The van der Waals surface area contributed by atoms with Crippen LogP contribution in [0, 0.1) is 31.1 Å². The number of amides is 1. The third-order valence-corrected chi connectivity index (χ3v) is 6.90. The van der Waals surface area contributed by atoms with Crippen LogP contribution in [0.1, 0.15) is 55.6 Å². The third-order valence-electron chi connectivity index (χ3n) is 6.90. The van der Waals surface area contributed by atoms with Crippen LogP contribution in [0.3, 0.4) is 0 Å². The number of nitrogens with zero attached hydrogens (tertiary/aromatic N) is 6. The van der Waals surface area contributed by atoms with Crippen molar-refractivity contribution in [3.8, 4) is 6.07 Å². The maximum Gasteiger partial charge on any atom is 0.222 e. The van der Waals surface area contributed by atoms with Gasteiger partial charge in [0, 0.05) is 50.5 Å². The van der Waals surface area contributed by atoms with Gasteiger partial charge in [0.15, 0.2) is 5.65 Å². The van der Waals surface area contributed by atoms with Crippen molar-refractivity contribution in [1.82, 2.24) is 24.4 Å². The Hall–Kier alpha value is -2.50. The monoisotopic (exact) mass is 438 g/mol. The van der Waals surface area contributed by atoms with E-state index in [-0.39, 0.29) is 5.91 Å². The van der Waals surface area contributed by atoms with Crippen LogP contribution in [0.2, 0.25) is 0 Å². The SMILES string of the molecule is Cc1nc2c(C#N)cnn2c(C)c1CCC(=O)N1CCC(CN2CC(C)OC(C)C2)CC1. The number of morpholine rings is 1. The lowest BCUT2D eigenvalue weighted by atomic mass is 9.95. The minimum atomic E-state index is 0.217. The van der Waals surface area contributed by atoms with E-state index in [1.54, 1.807) is 10.7 Å². The average Bonchev–Trinajstić information content (AvgIpc) is 3.16. The van der Waals surface area contributed by atoms with E-state index in [9.17, 15) is 10.1 Å². The molecule has 0 N–H and O–H groups in total. The molecule has 0 spiro atoms. The van der Waals surface area contributed by atoms with Gasteiger partial charge in [-0.3, -0.25) is 9.69 Å².